The van der Waals surface area contributed by atoms with Gasteiger partial charge < -0.3 is 58.2 Å². The van der Waals surface area contributed by atoms with Gasteiger partial charge in [0.25, 0.3) is 5.91 Å². The minimum atomic E-state index is -1.94. The number of ketones is 2. The number of benzene rings is 6. The molecule has 9 atom stereocenters. The van der Waals surface area contributed by atoms with E-state index in [0.29, 0.717) is 41.8 Å². The number of esters is 5. The molecule has 142 heavy (non-hydrogen) atoms. The fourth-order valence-corrected chi connectivity index (χ4v) is 15.7. The van der Waals surface area contributed by atoms with Crippen molar-refractivity contribution in [2.75, 3.05) is 58.6 Å². The predicted octanol–water partition coefficient (Wildman–Crippen LogP) is 24.1. The number of nitrogens with one attached hydrogen (secondary N) is 1. The molecule has 1 amide bonds. The van der Waals surface area contributed by atoms with Crippen molar-refractivity contribution in [2.45, 2.75) is 167 Å². The number of carbonyl (C=O) groups excluding carboxylic acids is 8. The van der Waals surface area contributed by atoms with Gasteiger partial charge >= 0.3 is 29.8 Å². The van der Waals surface area contributed by atoms with Gasteiger partial charge in [-0.05, 0) is 160 Å². The van der Waals surface area contributed by atoms with Crippen LogP contribution in [0.3, 0.4) is 0 Å². The van der Waals surface area contributed by atoms with E-state index in [1.54, 1.807) is 48.9 Å². The number of phenolic OH excluding ortho intramolecular Hbond substituents is 2. The molecule has 0 radical (unpaired) electrons. The Balaban J connectivity index is 0.000000318. The number of nitrogens with zero attached hydrogens (tertiary/aromatic N) is 30. The lowest BCUT2D eigenvalue weighted by atomic mass is 9.81. The Morgan fingerprint density at radius 3 is 1.22 bits per heavy atom. The molecule has 1 aliphatic heterocycles. The van der Waals surface area contributed by atoms with Gasteiger partial charge in [-0.1, -0.05) is 168 Å². The first kappa shape index (κ1) is 116. The summed E-state index contributed by atoms with van der Waals surface area (Å²) in [7, 11) is 6.01. The Morgan fingerprint density at radius 2 is 0.866 bits per heavy atom. The number of amides is 1. The smallest absolute Gasteiger partial charge is 0.341 e. The summed E-state index contributed by atoms with van der Waals surface area (Å²) in [6, 6.07) is 20.5. The predicted molar refractivity (Wildman–Crippen MR) is 499 cm³/mol. The average molecular weight is 2010 g/mol. The highest BCUT2D eigenvalue weighted by molar-refractivity contribution is 8.76. The second kappa shape index (κ2) is 57.9. The van der Waals surface area contributed by atoms with Crippen LogP contribution in [0.4, 0.5) is 60.5 Å². The molecular weight excluding hydrogens is 1930 g/mol. The van der Waals surface area contributed by atoms with Crippen LogP contribution in [-0.4, -0.2) is 170 Å². The molecule has 748 valence electrons. The number of hydrogen-bond donors (Lipinski definition) is 3. The highest BCUT2D eigenvalue weighted by Gasteiger charge is 2.57. The lowest BCUT2D eigenvalue weighted by molar-refractivity contribution is -0.445. The molecule has 0 aromatic heterocycles. The molecule has 1 heterocycles. The quantitative estimate of drug-likeness (QED) is 0.00281. The van der Waals surface area contributed by atoms with Gasteiger partial charge in [0.2, 0.25) is 11.6 Å². The number of carbonyl (C=O) groups is 8. The summed E-state index contributed by atoms with van der Waals surface area (Å²) >= 11 is 0. The van der Waals surface area contributed by atoms with Crippen LogP contribution in [0.1, 0.15) is 177 Å². The number of Topliss-reactive ketones (excluding diaryl/α,β-unsaturated/α-hetero) is 2. The van der Waals surface area contributed by atoms with Gasteiger partial charge in [0.15, 0.2) is 53.1 Å². The van der Waals surface area contributed by atoms with E-state index in [1.165, 1.54) is 89.1 Å². The highest BCUT2D eigenvalue weighted by atomic mass is 33.1. The van der Waals surface area contributed by atoms with Gasteiger partial charge in [0.1, 0.15) is 58.8 Å². The number of azide groups is 10. The van der Waals surface area contributed by atoms with Crippen LogP contribution in [0.2, 0.25) is 0 Å². The van der Waals surface area contributed by atoms with Crippen molar-refractivity contribution in [3.63, 3.8) is 0 Å². The van der Waals surface area contributed by atoms with E-state index in [-0.39, 0.29) is 71.5 Å². The van der Waals surface area contributed by atoms with Crippen LogP contribution in [-0.2, 0) is 61.8 Å². The van der Waals surface area contributed by atoms with Crippen LogP contribution in [0, 0.1) is 40.8 Å². The number of allylic oxidation sites excluding steroid dienone is 2. The van der Waals surface area contributed by atoms with Crippen LogP contribution in [0.5, 0.6) is 11.5 Å². The summed E-state index contributed by atoms with van der Waals surface area (Å²) in [5, 5.41) is 55.8. The van der Waals surface area contributed by atoms with Crippen LogP contribution < -0.4 is 5.32 Å². The van der Waals surface area contributed by atoms with Crippen molar-refractivity contribution in [3.8, 4) is 11.5 Å². The molecule has 1 saturated heterocycles. The number of methoxy groups -OCH3 is 2. The molecule has 2 saturated carbocycles. The van der Waals surface area contributed by atoms with Gasteiger partial charge in [0, 0.05) is 154 Å². The zero-order valence-electron chi connectivity index (χ0n) is 77.3. The maximum Gasteiger partial charge on any atom is 0.341 e. The summed E-state index contributed by atoms with van der Waals surface area (Å²) < 4.78 is 134. The first-order valence-electron chi connectivity index (χ1n) is 41.6. The number of halogens is 6. The first-order valence-corrected chi connectivity index (χ1v) is 44.1. The third-order valence-corrected chi connectivity index (χ3v) is 22.7. The van der Waals surface area contributed by atoms with Crippen molar-refractivity contribution in [2.24, 2.45) is 57.1 Å². The van der Waals surface area contributed by atoms with Gasteiger partial charge in [0.05, 0.1) is 48.5 Å². The van der Waals surface area contributed by atoms with Gasteiger partial charge in [-0.15, -0.1) is 0 Å². The minimum absolute atomic E-state index is 0.0286. The molecule has 9 rings (SSSR count). The molecule has 0 spiro atoms. The fourth-order valence-electron chi connectivity index (χ4n) is 13.7. The van der Waals surface area contributed by atoms with Crippen molar-refractivity contribution in [1.29, 1.82) is 0 Å². The number of phenols is 2. The Hall–Kier alpha value is -16.2. The molecule has 6 aromatic rings. The molecule has 58 heteroatoms. The summed E-state index contributed by atoms with van der Waals surface area (Å²) in [5.74, 6) is -19.4. The lowest BCUT2D eigenvalue weighted by Gasteiger charge is -2.51. The number of ether oxygens (including phenoxy) is 9. The van der Waals surface area contributed by atoms with E-state index >= 15 is 0 Å². The Labute approximate surface area is 808 Å². The van der Waals surface area contributed by atoms with Crippen LogP contribution in [0.25, 0.3) is 117 Å². The number of hydrogen-bond acceptors (Lipinski definition) is 31. The minimum Gasteiger partial charge on any atom is -0.507 e. The molecule has 50 nitrogen and oxygen atoms in total. The van der Waals surface area contributed by atoms with Gasteiger partial charge in [-0.25, -0.2) is 35.9 Å². The highest BCUT2D eigenvalue weighted by Crippen LogP contribution is 2.43. The summed E-state index contributed by atoms with van der Waals surface area (Å²) in [6.45, 7) is 12.9. The second-order valence-electron chi connectivity index (χ2n) is 30.5. The van der Waals surface area contributed by atoms with E-state index in [2.05, 4.69) is 113 Å². The Morgan fingerprint density at radius 1 is 0.500 bits per heavy atom. The Bertz CT molecular complexity index is 5890. The van der Waals surface area contributed by atoms with E-state index in [0.717, 1.165) is 55.9 Å². The molecule has 3 fully saturated rings. The first-order chi connectivity index (χ1) is 67.6. The second-order valence-corrected chi connectivity index (χ2v) is 33.2. The van der Waals surface area contributed by atoms with Crippen LogP contribution >= 0.6 is 21.6 Å². The zero-order valence-corrected chi connectivity index (χ0v) is 79.0. The standard InChI is InChI=1S/C22H18F6N6O4.C21H18N6O.C19H19N7O4S2.C12H16N6O6.C10H18N6O4/c1-7(2)9-11(13(23)17(27)19(15(9)25)31-33-29)21(35)37-5-6-38-22(36)12-10(8(3)4)16(26)20(32-34-30)18(28)14(12)24;1-14-10-17(12-15-2-6-19(7-3-15)24-26-22)21(28)18(11-14)13-16-4-8-20(9-5-16)25-27-23;20-25-23-12-3-5-14(17(28)10-12)16(27)2-1-8-31-32-9-7-22-19(30)15-6-4-13(24-26-21)11-18(15)29;1-5(19)22-10-8(15-17-13)4-9(16-18-14)11(23-6(2)20)12(10)24-7(3)21;1-9(17-3)10(2,18-4)20-8(6-14-16-12)7(19-9)5-13-15-11/h7-8H,5-6H2,1-4H3;2-9,12-14H,10-11H2,1H3;3-6,10-11,28-29H,1-2,7-9H2,(H,22,30);8-12H,4H2,1-3H3;7-8H,5-6H2,1-4H3/b;17-12+,18-13+;;;/t;;;8-,9+,10+,11-,12?;7-,8-,9+,10+/m....0/s1. The van der Waals surface area contributed by atoms with Gasteiger partial charge in [-0.2, -0.15) is 0 Å². The zero-order chi connectivity index (χ0) is 106. The average Bonchev–Trinajstić information content (AvgIpc) is 0.768. The van der Waals surface area contributed by atoms with E-state index in [1.807, 2.05) is 36.4 Å². The third-order valence-electron chi connectivity index (χ3n) is 20.2. The van der Waals surface area contributed by atoms with E-state index in [9.17, 15) is 74.9 Å². The summed E-state index contributed by atoms with van der Waals surface area (Å²) in [6.07, 6.45) is 1.22. The largest absolute Gasteiger partial charge is 0.507 e. The summed E-state index contributed by atoms with van der Waals surface area (Å²) in [5.41, 5.74) is 83.9. The van der Waals surface area contributed by atoms with E-state index < -0.39 is 184 Å². The van der Waals surface area contributed by atoms with Crippen molar-refractivity contribution in [1.82, 2.24) is 5.32 Å². The van der Waals surface area contributed by atoms with Crippen molar-refractivity contribution in [3.05, 3.63) is 280 Å². The lowest BCUT2D eigenvalue weighted by Crippen LogP contribution is -2.66. The fraction of sp³-hybridized carbons (Fsp3) is 0.429. The molecular formula is C84H89F6N31O19S2. The molecule has 6 aromatic carbocycles. The monoisotopic (exact) mass is 2010 g/mol. The molecule has 3 N–H and O–H groups in total. The SMILES string of the molecule is CC(=O)OC1[C@@H](OC(C)=O)[C@H](N=[N+]=[N-])C[C@H](N=[N+]=[N-])[C@H]1OC(C)=O.CC(C)c1c(F)c(N=[N+]=[N-])c(F)c(F)c1C(=O)OCCOC(=O)c1c(F)c(F)c(N=[N+]=[N-])c(F)c1C(C)C.CC1C/C(=C\c2ccc(N=[N+]=[N-])cc2)C(=O)/C(=C/c2ccc(N=[N+]=[N-])cc2)C1.CO[C@]1(C)O[C@@H](CN=[N+]=[N-])[C@H](CN=[N+]=[N-])O[C@@]1(C)OC.[N-]=[N+]=Nc1ccc(C(=O)CCCSSCCNC(=O)c2ccc(N=[N+]=[N-])cc2O)c(O)c1. The molecule has 0 bridgehead atoms. The molecule has 3 aliphatic rings. The third kappa shape index (κ3) is 33.3. The Kier molecular flexibility index (Phi) is 47.4. The van der Waals surface area contributed by atoms with Gasteiger partial charge in [-0.3, -0.25) is 28.8 Å². The molecule has 2 aliphatic carbocycles. The maximum absolute atomic E-state index is 14.7. The van der Waals surface area contributed by atoms with Crippen molar-refractivity contribution < 1.29 is 118 Å². The van der Waals surface area contributed by atoms with Crippen LogP contribution in [0.15, 0.2) is 147 Å². The topological polar surface area (TPSA) is 760 Å². The van der Waals surface area contributed by atoms with Crippen molar-refractivity contribution >= 4 is 115 Å². The molecule has 1 unspecified atom stereocenters. The number of rotatable bonds is 36. The van der Waals surface area contributed by atoms with E-state index in [4.69, 9.17) is 97.9 Å². The normalized spacial score (nSPS) is 18.9. The maximum atomic E-state index is 14.7. The summed E-state index contributed by atoms with van der Waals surface area (Å²) in [4.78, 5) is 122. The number of aromatic hydroxyl groups is 2.